The molecular weight excluding hydrogens is 259 g/mol. The number of amides is 1. The summed E-state index contributed by atoms with van der Waals surface area (Å²) in [6.45, 7) is 2.63. The zero-order valence-electron chi connectivity index (χ0n) is 10.9. The monoisotopic (exact) mass is 279 g/mol. The van der Waals surface area contributed by atoms with Gasteiger partial charge in [0.1, 0.15) is 0 Å². The molecule has 2 saturated heterocycles. The second-order valence-corrected chi connectivity index (χ2v) is 5.26. The number of piperidine rings is 1. The van der Waals surface area contributed by atoms with Crippen LogP contribution in [0.25, 0.3) is 0 Å². The molecule has 2 heterocycles. The number of likely N-dealkylation sites (tertiary alicyclic amines) is 1. The van der Waals surface area contributed by atoms with Gasteiger partial charge in [-0.15, -0.1) is 0 Å². The topological polar surface area (TPSA) is 35.6 Å². The van der Waals surface area contributed by atoms with E-state index in [1.165, 1.54) is 4.90 Å². The predicted molar refractivity (Wildman–Crippen MR) is 64.7 cm³/mol. The van der Waals surface area contributed by atoms with Crippen LogP contribution in [0, 0.1) is 5.92 Å². The Labute approximate surface area is 110 Å². The Bertz CT molecular complexity index is 316. The van der Waals surface area contributed by atoms with Crippen LogP contribution < -0.4 is 5.32 Å². The average Bonchev–Trinajstić information content (AvgIpc) is 2.37. The Hall–Kier alpha value is -0.820. The largest absolute Gasteiger partial charge is 0.401 e. The van der Waals surface area contributed by atoms with Crippen LogP contribution in [0.4, 0.5) is 13.2 Å². The second kappa shape index (κ2) is 6.09. The van der Waals surface area contributed by atoms with Crippen molar-refractivity contribution in [2.24, 2.45) is 5.92 Å². The first kappa shape index (κ1) is 14.6. The molecule has 19 heavy (non-hydrogen) atoms. The van der Waals surface area contributed by atoms with E-state index in [2.05, 4.69) is 5.32 Å². The molecule has 110 valence electrons. The van der Waals surface area contributed by atoms with Crippen molar-refractivity contribution in [3.05, 3.63) is 0 Å². The van der Waals surface area contributed by atoms with Gasteiger partial charge in [-0.3, -0.25) is 9.69 Å². The van der Waals surface area contributed by atoms with Gasteiger partial charge in [-0.2, -0.15) is 13.2 Å². The highest BCUT2D eigenvalue weighted by Crippen LogP contribution is 2.23. The quantitative estimate of drug-likeness (QED) is 0.808. The average molecular weight is 279 g/mol. The van der Waals surface area contributed by atoms with Crippen LogP contribution in [-0.2, 0) is 4.79 Å². The number of nitrogens with one attached hydrogen (secondary N) is 1. The lowest BCUT2D eigenvalue weighted by Gasteiger charge is -2.36. The number of rotatable bonds is 2. The van der Waals surface area contributed by atoms with E-state index in [1.807, 2.05) is 0 Å². The lowest BCUT2D eigenvalue weighted by molar-refractivity contribution is -0.154. The summed E-state index contributed by atoms with van der Waals surface area (Å²) in [5.41, 5.74) is 0. The van der Waals surface area contributed by atoms with Gasteiger partial charge in [0.2, 0.25) is 5.91 Å². The molecule has 2 fully saturated rings. The van der Waals surface area contributed by atoms with Gasteiger partial charge in [0.25, 0.3) is 0 Å². The Kier molecular flexibility index (Phi) is 4.67. The van der Waals surface area contributed by atoms with Crippen LogP contribution in [0.1, 0.15) is 12.8 Å². The molecule has 4 nitrogen and oxygen atoms in total. The maximum Gasteiger partial charge on any atom is 0.401 e. The standard InChI is InChI=1S/C12H20F3N3O/c13-12(14,15)9-17-5-1-2-10(8-17)11(19)18-6-3-16-4-7-18/h10,16H,1-9H2. The van der Waals surface area contributed by atoms with E-state index in [4.69, 9.17) is 0 Å². The molecule has 0 aliphatic carbocycles. The summed E-state index contributed by atoms with van der Waals surface area (Å²) in [5, 5.41) is 3.16. The van der Waals surface area contributed by atoms with E-state index < -0.39 is 12.7 Å². The smallest absolute Gasteiger partial charge is 0.340 e. The summed E-state index contributed by atoms with van der Waals surface area (Å²) in [7, 11) is 0. The highest BCUT2D eigenvalue weighted by molar-refractivity contribution is 5.79. The molecule has 1 atom stereocenters. The number of nitrogens with zero attached hydrogens (tertiary/aromatic N) is 2. The molecule has 7 heteroatoms. The van der Waals surface area contributed by atoms with Crippen LogP contribution in [0.15, 0.2) is 0 Å². The van der Waals surface area contributed by atoms with E-state index in [9.17, 15) is 18.0 Å². The van der Waals surface area contributed by atoms with Gasteiger partial charge in [-0.05, 0) is 19.4 Å². The summed E-state index contributed by atoms with van der Waals surface area (Å²) in [6.07, 6.45) is -2.81. The summed E-state index contributed by atoms with van der Waals surface area (Å²) in [5.74, 6) is -0.248. The number of piperazine rings is 1. The summed E-state index contributed by atoms with van der Waals surface area (Å²) in [6, 6.07) is 0. The van der Waals surface area contributed by atoms with Crippen molar-refractivity contribution in [3.8, 4) is 0 Å². The fraction of sp³-hybridized carbons (Fsp3) is 0.917. The van der Waals surface area contributed by atoms with E-state index in [-0.39, 0.29) is 18.4 Å². The first-order valence-corrected chi connectivity index (χ1v) is 6.74. The highest BCUT2D eigenvalue weighted by Gasteiger charge is 2.35. The minimum atomic E-state index is -4.18. The third kappa shape index (κ3) is 4.35. The van der Waals surface area contributed by atoms with E-state index in [1.54, 1.807) is 4.90 Å². The Morgan fingerprint density at radius 2 is 1.89 bits per heavy atom. The van der Waals surface area contributed by atoms with Crippen molar-refractivity contribution >= 4 is 5.91 Å². The zero-order valence-corrected chi connectivity index (χ0v) is 10.9. The molecule has 0 aromatic carbocycles. The summed E-state index contributed by atoms with van der Waals surface area (Å²) in [4.78, 5) is 15.4. The molecule has 0 radical (unpaired) electrons. The van der Waals surface area contributed by atoms with Crippen molar-refractivity contribution in [3.63, 3.8) is 0 Å². The number of hydrogen-bond donors (Lipinski definition) is 1. The van der Waals surface area contributed by atoms with E-state index >= 15 is 0 Å². The van der Waals surface area contributed by atoms with Crippen molar-refractivity contribution in [2.75, 3.05) is 45.8 Å². The highest BCUT2D eigenvalue weighted by atomic mass is 19.4. The first-order valence-electron chi connectivity index (χ1n) is 6.74. The van der Waals surface area contributed by atoms with Gasteiger partial charge in [0.15, 0.2) is 0 Å². The maximum atomic E-state index is 12.4. The van der Waals surface area contributed by atoms with Crippen LogP contribution >= 0.6 is 0 Å². The minimum absolute atomic E-state index is 0.0216. The van der Waals surface area contributed by atoms with E-state index in [0.717, 1.165) is 13.1 Å². The number of halogens is 3. The maximum absolute atomic E-state index is 12.4. The Balaban J connectivity index is 1.87. The van der Waals surface area contributed by atoms with Gasteiger partial charge < -0.3 is 10.2 Å². The molecule has 1 amide bonds. The lowest BCUT2D eigenvalue weighted by atomic mass is 9.96. The normalized spacial score (nSPS) is 26.5. The predicted octanol–water partition coefficient (Wildman–Crippen LogP) is 0.693. The van der Waals surface area contributed by atoms with Crippen molar-refractivity contribution < 1.29 is 18.0 Å². The molecule has 0 bridgehead atoms. The van der Waals surface area contributed by atoms with Crippen molar-refractivity contribution in [1.29, 1.82) is 0 Å². The molecule has 2 aliphatic heterocycles. The van der Waals surface area contributed by atoms with Gasteiger partial charge in [-0.25, -0.2) is 0 Å². The van der Waals surface area contributed by atoms with Gasteiger partial charge in [0.05, 0.1) is 12.5 Å². The number of carbonyl (C=O) groups excluding carboxylic acids is 1. The van der Waals surface area contributed by atoms with Crippen LogP contribution in [-0.4, -0.2) is 67.7 Å². The number of hydrogen-bond acceptors (Lipinski definition) is 3. The molecule has 0 saturated carbocycles. The molecule has 1 N–H and O–H groups in total. The van der Waals surface area contributed by atoms with Gasteiger partial charge in [-0.1, -0.05) is 0 Å². The third-order valence-corrected chi connectivity index (χ3v) is 3.69. The Morgan fingerprint density at radius 3 is 2.53 bits per heavy atom. The minimum Gasteiger partial charge on any atom is -0.340 e. The van der Waals surface area contributed by atoms with E-state index in [0.29, 0.717) is 32.5 Å². The molecule has 0 spiro atoms. The summed E-state index contributed by atoms with van der Waals surface area (Å²) >= 11 is 0. The zero-order chi connectivity index (χ0) is 13.9. The SMILES string of the molecule is O=C(C1CCCN(CC(F)(F)F)C1)N1CCNCC1. The molecular formula is C12H20F3N3O. The first-order chi connectivity index (χ1) is 8.96. The summed E-state index contributed by atoms with van der Waals surface area (Å²) < 4.78 is 37.1. The van der Waals surface area contributed by atoms with Crippen LogP contribution in [0.3, 0.4) is 0 Å². The third-order valence-electron chi connectivity index (χ3n) is 3.69. The molecule has 0 aromatic heterocycles. The van der Waals surface area contributed by atoms with Gasteiger partial charge >= 0.3 is 6.18 Å². The molecule has 1 unspecified atom stereocenters. The molecule has 2 aliphatic rings. The molecule has 0 aromatic rings. The van der Waals surface area contributed by atoms with Crippen molar-refractivity contribution in [2.45, 2.75) is 19.0 Å². The molecule has 2 rings (SSSR count). The number of alkyl halides is 3. The second-order valence-electron chi connectivity index (χ2n) is 5.26. The fourth-order valence-corrected chi connectivity index (χ4v) is 2.80. The van der Waals surface area contributed by atoms with Gasteiger partial charge in [0, 0.05) is 32.7 Å². The number of carbonyl (C=O) groups is 1. The fourth-order valence-electron chi connectivity index (χ4n) is 2.80. The van der Waals surface area contributed by atoms with Crippen LogP contribution in [0.5, 0.6) is 0 Å². The van der Waals surface area contributed by atoms with Crippen molar-refractivity contribution in [1.82, 2.24) is 15.1 Å². The lowest BCUT2D eigenvalue weighted by Crippen LogP contribution is -2.52. The Morgan fingerprint density at radius 1 is 1.21 bits per heavy atom. The van der Waals surface area contributed by atoms with Crippen LogP contribution in [0.2, 0.25) is 0 Å².